The van der Waals surface area contributed by atoms with Gasteiger partial charge in [0.2, 0.25) is 0 Å². The molecule has 0 saturated carbocycles. The Labute approximate surface area is 721 Å². The van der Waals surface area contributed by atoms with Crippen LogP contribution < -0.4 is 0 Å². The van der Waals surface area contributed by atoms with Crippen LogP contribution in [0, 0.1) is 0 Å². The maximum Gasteiger partial charge on any atom is 0.0361 e. The van der Waals surface area contributed by atoms with E-state index in [4.69, 9.17) is 0 Å². The summed E-state index contributed by atoms with van der Waals surface area (Å²) in [5.41, 5.74) is 24.2. The van der Waals surface area contributed by atoms with Crippen molar-refractivity contribution in [3.63, 3.8) is 0 Å². The highest BCUT2D eigenvalue weighted by molar-refractivity contribution is 7.27. The van der Waals surface area contributed by atoms with Crippen molar-refractivity contribution in [1.29, 1.82) is 0 Å². The van der Waals surface area contributed by atoms with Gasteiger partial charge in [-0.25, -0.2) is 0 Å². The van der Waals surface area contributed by atoms with Crippen LogP contribution in [-0.4, -0.2) is 0 Å². The monoisotopic (exact) mass is 1610 g/mol. The molecule has 0 saturated heterocycles. The maximum absolute atomic E-state index is 2.53. The smallest absolute Gasteiger partial charge is 0.0361 e. The van der Waals surface area contributed by atoms with Crippen LogP contribution in [-0.2, 0) is 0 Å². The van der Waals surface area contributed by atoms with E-state index in [0.29, 0.717) is 0 Å². The molecular formula is C120H70S3. The second kappa shape index (κ2) is 27.8. The summed E-state index contributed by atoms with van der Waals surface area (Å²) >= 11 is 5.70. The maximum atomic E-state index is 2.53. The van der Waals surface area contributed by atoms with Gasteiger partial charge < -0.3 is 0 Å². The third-order valence-corrected chi connectivity index (χ3v) is 29.8. The Kier molecular flexibility index (Phi) is 15.8. The van der Waals surface area contributed by atoms with Gasteiger partial charge in [0.1, 0.15) is 0 Å². The molecule has 3 aromatic heterocycles. The number of hydrogen-bond acceptors (Lipinski definition) is 3. The van der Waals surface area contributed by atoms with Crippen LogP contribution in [0.1, 0.15) is 0 Å². The van der Waals surface area contributed by atoms with Gasteiger partial charge in [-0.3, -0.25) is 0 Å². The molecule has 0 aliphatic heterocycles. The molecule has 0 unspecified atom stereocenters. The van der Waals surface area contributed by atoms with E-state index in [9.17, 15) is 0 Å². The molecule has 0 atom stereocenters. The van der Waals surface area contributed by atoms with Gasteiger partial charge in [0.05, 0.1) is 0 Å². The molecule has 0 spiro atoms. The van der Waals surface area contributed by atoms with Crippen molar-refractivity contribution >= 4 is 191 Å². The fourth-order valence-electron chi connectivity index (χ4n) is 20.9. The fourth-order valence-corrected chi connectivity index (χ4v) is 24.4. The summed E-state index contributed by atoms with van der Waals surface area (Å²) < 4.78 is 7.74. The minimum atomic E-state index is 1.16. The minimum absolute atomic E-state index is 1.16. The molecule has 3 heteroatoms. The molecule has 0 nitrogen and oxygen atoms in total. The van der Waals surface area contributed by atoms with Crippen molar-refractivity contribution in [1.82, 2.24) is 0 Å². The highest BCUT2D eigenvalue weighted by Crippen LogP contribution is 2.54. The van der Waals surface area contributed by atoms with Crippen molar-refractivity contribution in [3.05, 3.63) is 425 Å². The van der Waals surface area contributed by atoms with Crippen molar-refractivity contribution in [2.24, 2.45) is 0 Å². The van der Waals surface area contributed by atoms with E-state index in [1.165, 1.54) is 258 Å². The second-order valence-corrected chi connectivity index (χ2v) is 36.3. The van der Waals surface area contributed by atoms with Crippen LogP contribution in [0.2, 0.25) is 0 Å². The van der Waals surface area contributed by atoms with Crippen LogP contribution in [0.25, 0.3) is 269 Å². The third-order valence-electron chi connectivity index (χ3n) is 26.4. The highest BCUT2D eigenvalue weighted by Gasteiger charge is 2.26. The van der Waals surface area contributed by atoms with Crippen molar-refractivity contribution in [3.8, 4) is 111 Å². The van der Waals surface area contributed by atoms with Crippen molar-refractivity contribution < 1.29 is 0 Å². The molecule has 0 N–H and O–H groups in total. The topological polar surface area (TPSA) is 0 Å². The normalized spacial score (nSPS) is 12.1. The number of benzene rings is 23. The van der Waals surface area contributed by atoms with Crippen LogP contribution in [0.4, 0.5) is 0 Å². The molecule has 0 amide bonds. The number of hydrogen-bond donors (Lipinski definition) is 0. The first-order chi connectivity index (χ1) is 61.0. The molecule has 23 aromatic carbocycles. The second-order valence-electron chi connectivity index (χ2n) is 33.0. The van der Waals surface area contributed by atoms with Gasteiger partial charge in [0.15, 0.2) is 0 Å². The van der Waals surface area contributed by atoms with E-state index < -0.39 is 0 Å². The van der Waals surface area contributed by atoms with Crippen LogP contribution in [0.5, 0.6) is 0 Å². The van der Waals surface area contributed by atoms with E-state index in [-0.39, 0.29) is 0 Å². The van der Waals surface area contributed by atoms with Gasteiger partial charge in [-0.05, 0) is 269 Å². The Hall–Kier alpha value is -14.9. The molecule has 0 aliphatic rings. The van der Waals surface area contributed by atoms with Crippen molar-refractivity contribution in [2.75, 3.05) is 0 Å². The van der Waals surface area contributed by atoms with Gasteiger partial charge in [-0.1, -0.05) is 364 Å². The minimum Gasteiger partial charge on any atom is -0.135 e. The van der Waals surface area contributed by atoms with E-state index in [0.717, 1.165) is 11.1 Å². The van der Waals surface area contributed by atoms with Crippen LogP contribution in [0.15, 0.2) is 425 Å². The van der Waals surface area contributed by atoms with E-state index in [1.54, 1.807) is 0 Å². The average Bonchev–Trinajstić information content (AvgIpc) is 1.14. The van der Waals surface area contributed by atoms with E-state index >= 15 is 0 Å². The fraction of sp³-hybridized carbons (Fsp3) is 0. The summed E-state index contributed by atoms with van der Waals surface area (Å²) in [6, 6.07) is 161. The van der Waals surface area contributed by atoms with E-state index in [2.05, 4.69) is 425 Å². The third kappa shape index (κ3) is 11.0. The highest BCUT2D eigenvalue weighted by atomic mass is 32.1. The molecule has 0 radical (unpaired) electrons. The summed E-state index contributed by atoms with van der Waals surface area (Å²) in [5, 5.41) is 30.2. The molecule has 26 rings (SSSR count). The lowest BCUT2D eigenvalue weighted by atomic mass is 9.81. The summed E-state index contributed by atoms with van der Waals surface area (Å²) in [4.78, 5) is 0. The first kappa shape index (κ1) is 70.0. The quantitative estimate of drug-likeness (QED) is 0.120. The van der Waals surface area contributed by atoms with E-state index in [1.807, 2.05) is 34.0 Å². The zero-order valence-electron chi connectivity index (χ0n) is 66.6. The predicted molar refractivity (Wildman–Crippen MR) is 537 cm³/mol. The molecule has 0 fully saturated rings. The largest absolute Gasteiger partial charge is 0.135 e. The van der Waals surface area contributed by atoms with Crippen LogP contribution in [0.3, 0.4) is 0 Å². The first-order valence-electron chi connectivity index (χ1n) is 42.4. The standard InChI is InChI=1S/C120H70S3/c1-4-23-71(24-5-1)72-43-45-76(46-44-72)114-90-33-14-17-36-93(90)115(94-37-18-15-34-91(94)114)82-51-59-102-111(69-82)122-108-62-60-87-85(41-22-42-89(87)120(102)108)81-49-57-98(103(66-81)73-25-6-2-7-26-73)118-97-40-21-20-39-96(97)117(83-50-54-88-104-63-77-30-10-11-31-78(77)67-112(104)123-109(88)68-83)106-65-80(48-56-100(106)118)79-47-55-99-105(64-79)116(95-38-19-16-35-92(95)113(99)75-28-8-3-9-29-75)84-52-58-101-110(70-84)121-107-61-53-74-27-12-13-32-86(74)119(101)107/h1-70H. The molecule has 26 aromatic rings. The molecular weight excluding hydrogens is 1540 g/mol. The lowest BCUT2D eigenvalue weighted by Crippen LogP contribution is -1.95. The number of rotatable bonds is 10. The molecule has 0 bridgehead atoms. The predicted octanol–water partition coefficient (Wildman–Crippen LogP) is 35.8. The van der Waals surface area contributed by atoms with Gasteiger partial charge in [-0.2, -0.15) is 0 Å². The van der Waals surface area contributed by atoms with Gasteiger partial charge >= 0.3 is 0 Å². The van der Waals surface area contributed by atoms with Crippen molar-refractivity contribution in [2.45, 2.75) is 0 Å². The number of fused-ring (bicyclic) bond motifs is 20. The Morgan fingerprint density at radius 3 is 1.02 bits per heavy atom. The van der Waals surface area contributed by atoms with Gasteiger partial charge in [0, 0.05) is 60.5 Å². The Balaban J connectivity index is 0.653. The van der Waals surface area contributed by atoms with Crippen LogP contribution >= 0.6 is 34.0 Å². The Morgan fingerprint density at radius 1 is 0.114 bits per heavy atom. The lowest BCUT2D eigenvalue weighted by molar-refractivity contribution is 1.59. The van der Waals surface area contributed by atoms with Gasteiger partial charge in [0.25, 0.3) is 0 Å². The zero-order chi connectivity index (χ0) is 80.5. The molecule has 3 heterocycles. The molecule has 568 valence electrons. The Morgan fingerprint density at radius 2 is 0.455 bits per heavy atom. The first-order valence-corrected chi connectivity index (χ1v) is 44.8. The lowest BCUT2D eigenvalue weighted by Gasteiger charge is -2.22. The van der Waals surface area contributed by atoms with Gasteiger partial charge in [-0.15, -0.1) is 34.0 Å². The summed E-state index contributed by atoms with van der Waals surface area (Å²) in [7, 11) is 0. The zero-order valence-corrected chi connectivity index (χ0v) is 69.1. The Bertz CT molecular complexity index is 8920. The molecule has 0 aliphatic carbocycles. The SMILES string of the molecule is c1ccc(-c2ccc(-c3c4ccccc4c(-c4ccc5c(c4)sc4ccc6c(-c7ccc(-c8c9ccccc9c(-c9ccc%10c(c9)sc9cc%11ccccc%11cc9%10)c9cc(-c%10ccc%11c(-c%12ccccc%12)c%12ccccc%12c(-c%12ccc%13c(c%12)sc%12ccc%14ccccc%14c%12%13)c%11c%10)ccc89)c(-c8ccccc8)c7)cccc6c45)c4ccccc34)cc2)cc1. The summed E-state index contributed by atoms with van der Waals surface area (Å²) in [6.45, 7) is 0. The summed E-state index contributed by atoms with van der Waals surface area (Å²) in [5.74, 6) is 0. The number of thiophene rings is 3. The molecule has 123 heavy (non-hydrogen) atoms. The summed E-state index contributed by atoms with van der Waals surface area (Å²) in [6.07, 6.45) is 0. The average molecular weight is 1610 g/mol.